The van der Waals surface area contributed by atoms with Gasteiger partial charge in [0.15, 0.2) is 0 Å². The number of allylic oxidation sites excluding steroid dienone is 3. The maximum atomic E-state index is 10.2. The Morgan fingerprint density at radius 3 is 2.00 bits per heavy atom. The van der Waals surface area contributed by atoms with Gasteiger partial charge in [0.2, 0.25) is 0 Å². The zero-order valence-corrected chi connectivity index (χ0v) is 15.5. The molecular formula is C20H34O4. The molecule has 24 heavy (non-hydrogen) atoms. The van der Waals surface area contributed by atoms with E-state index in [9.17, 15) is 15.3 Å². The molecule has 0 aromatic rings. The van der Waals surface area contributed by atoms with Crippen LogP contribution in [0.5, 0.6) is 0 Å². The number of hydrogen-bond acceptors (Lipinski definition) is 4. The van der Waals surface area contributed by atoms with E-state index < -0.39 is 12.2 Å². The van der Waals surface area contributed by atoms with Gasteiger partial charge in [-0.2, -0.15) is 0 Å². The molecule has 0 unspecified atom stereocenters. The summed E-state index contributed by atoms with van der Waals surface area (Å²) in [6.45, 7) is 7.62. The third-order valence-electron chi connectivity index (χ3n) is 3.93. The summed E-state index contributed by atoms with van der Waals surface area (Å²) in [5.74, 6) is 0. The first-order chi connectivity index (χ1) is 11.3. The summed E-state index contributed by atoms with van der Waals surface area (Å²) >= 11 is 0. The first-order valence-electron chi connectivity index (χ1n) is 8.54. The second-order valence-electron chi connectivity index (χ2n) is 6.44. The van der Waals surface area contributed by atoms with Gasteiger partial charge in [0.1, 0.15) is 0 Å². The molecular weight excluding hydrogens is 304 g/mol. The maximum Gasteiger partial charge on any atom is 0.0806 e. The van der Waals surface area contributed by atoms with E-state index >= 15 is 0 Å². The molecule has 0 amide bonds. The van der Waals surface area contributed by atoms with Gasteiger partial charge in [-0.15, -0.1) is 0 Å². The topological polar surface area (TPSA) is 80.9 Å². The molecule has 0 heterocycles. The SMILES string of the molecule is CC(C)=CC[C@@H](O)/C(C)=C/C[C@@H](O)/C(=C/CC/C(C)=C\CO)CO. The van der Waals surface area contributed by atoms with E-state index in [1.54, 1.807) is 6.08 Å². The van der Waals surface area contributed by atoms with Crippen LogP contribution in [0.25, 0.3) is 0 Å². The van der Waals surface area contributed by atoms with Gasteiger partial charge in [-0.25, -0.2) is 0 Å². The predicted molar refractivity (Wildman–Crippen MR) is 99.7 cm³/mol. The molecule has 2 atom stereocenters. The van der Waals surface area contributed by atoms with Crippen molar-refractivity contribution in [1.82, 2.24) is 0 Å². The van der Waals surface area contributed by atoms with Gasteiger partial charge >= 0.3 is 0 Å². The van der Waals surface area contributed by atoms with E-state index in [0.29, 0.717) is 24.8 Å². The van der Waals surface area contributed by atoms with Crippen molar-refractivity contribution in [3.05, 3.63) is 46.6 Å². The molecule has 0 radical (unpaired) electrons. The molecule has 0 aliphatic carbocycles. The van der Waals surface area contributed by atoms with Crippen LogP contribution in [0.3, 0.4) is 0 Å². The monoisotopic (exact) mass is 338 g/mol. The third kappa shape index (κ3) is 10.6. The van der Waals surface area contributed by atoms with Crippen molar-refractivity contribution in [2.24, 2.45) is 0 Å². The molecule has 4 N–H and O–H groups in total. The van der Waals surface area contributed by atoms with Crippen LogP contribution in [0.15, 0.2) is 46.6 Å². The summed E-state index contributed by atoms with van der Waals surface area (Å²) in [5, 5.41) is 38.5. The second-order valence-corrected chi connectivity index (χ2v) is 6.44. The molecule has 4 nitrogen and oxygen atoms in total. The molecule has 0 aliphatic rings. The van der Waals surface area contributed by atoms with Gasteiger partial charge in [0.25, 0.3) is 0 Å². The molecule has 4 heteroatoms. The van der Waals surface area contributed by atoms with Crippen molar-refractivity contribution in [2.45, 2.75) is 65.6 Å². The van der Waals surface area contributed by atoms with Gasteiger partial charge in [-0.05, 0) is 64.5 Å². The van der Waals surface area contributed by atoms with Gasteiger partial charge in [-0.3, -0.25) is 0 Å². The van der Waals surface area contributed by atoms with Crippen LogP contribution in [0, 0.1) is 0 Å². The van der Waals surface area contributed by atoms with E-state index in [1.165, 1.54) is 0 Å². The average molecular weight is 338 g/mol. The molecule has 0 rings (SSSR count). The fourth-order valence-corrected chi connectivity index (χ4v) is 2.17. The normalized spacial score (nSPS) is 16.1. The zero-order chi connectivity index (χ0) is 18.5. The Morgan fingerprint density at radius 1 is 0.833 bits per heavy atom. The first kappa shape index (κ1) is 22.8. The standard InChI is InChI=1S/C20H34O4/c1-15(2)8-10-19(23)17(4)9-11-20(24)18(14-22)7-5-6-16(3)12-13-21/h7-9,12,19-24H,5-6,10-11,13-14H2,1-4H3/b16-12-,17-9+,18-7+/t19-,20-/m1/s1. The van der Waals surface area contributed by atoms with Gasteiger partial charge in [0, 0.05) is 0 Å². The Balaban J connectivity index is 4.58. The minimum atomic E-state index is -0.747. The number of aliphatic hydroxyl groups excluding tert-OH is 4. The number of rotatable bonds is 11. The van der Waals surface area contributed by atoms with Crippen LogP contribution in [0.4, 0.5) is 0 Å². The van der Waals surface area contributed by atoms with Gasteiger partial charge in [0.05, 0.1) is 25.4 Å². The summed E-state index contributed by atoms with van der Waals surface area (Å²) in [7, 11) is 0. The highest BCUT2D eigenvalue weighted by Gasteiger charge is 2.10. The molecule has 0 saturated heterocycles. The Hall–Kier alpha value is -1.20. The minimum absolute atomic E-state index is 0.0319. The van der Waals surface area contributed by atoms with Crippen molar-refractivity contribution < 1.29 is 20.4 Å². The van der Waals surface area contributed by atoms with E-state index in [-0.39, 0.29) is 13.2 Å². The molecule has 0 fully saturated rings. The van der Waals surface area contributed by atoms with Crippen molar-refractivity contribution in [3.8, 4) is 0 Å². The largest absolute Gasteiger partial charge is 0.392 e. The zero-order valence-electron chi connectivity index (χ0n) is 15.5. The summed E-state index contributed by atoms with van der Waals surface area (Å²) in [4.78, 5) is 0. The van der Waals surface area contributed by atoms with Crippen LogP contribution in [-0.4, -0.2) is 45.8 Å². The highest BCUT2D eigenvalue weighted by atomic mass is 16.3. The highest BCUT2D eigenvalue weighted by molar-refractivity contribution is 5.14. The Morgan fingerprint density at radius 2 is 1.46 bits per heavy atom. The molecule has 0 saturated carbocycles. The smallest absolute Gasteiger partial charge is 0.0806 e. The van der Waals surface area contributed by atoms with Crippen molar-refractivity contribution in [2.75, 3.05) is 13.2 Å². The number of hydrogen-bond donors (Lipinski definition) is 4. The van der Waals surface area contributed by atoms with E-state index in [4.69, 9.17) is 5.11 Å². The van der Waals surface area contributed by atoms with Crippen LogP contribution < -0.4 is 0 Å². The van der Waals surface area contributed by atoms with E-state index in [2.05, 4.69) is 0 Å². The Kier molecular flexibility index (Phi) is 12.5. The molecule has 0 aromatic carbocycles. The molecule has 0 bridgehead atoms. The summed E-state index contributed by atoms with van der Waals surface area (Å²) in [6.07, 6.45) is 8.56. The van der Waals surface area contributed by atoms with E-state index in [0.717, 1.165) is 23.1 Å². The highest BCUT2D eigenvalue weighted by Crippen LogP contribution is 2.15. The lowest BCUT2D eigenvalue weighted by molar-refractivity contribution is 0.187. The molecule has 0 aromatic heterocycles. The van der Waals surface area contributed by atoms with Crippen molar-refractivity contribution in [3.63, 3.8) is 0 Å². The van der Waals surface area contributed by atoms with Crippen LogP contribution in [0.1, 0.15) is 53.4 Å². The summed E-state index contributed by atoms with van der Waals surface area (Å²) in [6, 6.07) is 0. The van der Waals surface area contributed by atoms with Crippen LogP contribution in [0.2, 0.25) is 0 Å². The number of aliphatic hydroxyl groups is 4. The van der Waals surface area contributed by atoms with Crippen LogP contribution in [-0.2, 0) is 0 Å². The molecule has 0 spiro atoms. The third-order valence-corrected chi connectivity index (χ3v) is 3.93. The predicted octanol–water partition coefficient (Wildman–Crippen LogP) is 3.04. The lowest BCUT2D eigenvalue weighted by atomic mass is 10.0. The minimum Gasteiger partial charge on any atom is -0.392 e. The maximum absolute atomic E-state index is 10.2. The lowest BCUT2D eigenvalue weighted by Crippen LogP contribution is -2.14. The Labute approximate surface area is 146 Å². The lowest BCUT2D eigenvalue weighted by Gasteiger charge is -2.14. The molecule has 0 aliphatic heterocycles. The summed E-state index contributed by atoms with van der Waals surface area (Å²) in [5.41, 5.74) is 3.66. The van der Waals surface area contributed by atoms with Crippen LogP contribution >= 0.6 is 0 Å². The first-order valence-corrected chi connectivity index (χ1v) is 8.54. The molecule has 138 valence electrons. The van der Waals surface area contributed by atoms with Gasteiger partial charge < -0.3 is 20.4 Å². The van der Waals surface area contributed by atoms with Crippen molar-refractivity contribution >= 4 is 0 Å². The summed E-state index contributed by atoms with van der Waals surface area (Å²) < 4.78 is 0. The second kappa shape index (κ2) is 13.1. The fourth-order valence-electron chi connectivity index (χ4n) is 2.17. The average Bonchev–Trinajstić information content (AvgIpc) is 2.54. The van der Waals surface area contributed by atoms with E-state index in [1.807, 2.05) is 45.9 Å². The van der Waals surface area contributed by atoms with Crippen molar-refractivity contribution in [1.29, 1.82) is 0 Å². The fraction of sp³-hybridized carbons (Fsp3) is 0.600. The quantitative estimate of drug-likeness (QED) is 0.437. The Bertz CT molecular complexity index is 468. The van der Waals surface area contributed by atoms with Gasteiger partial charge in [-0.1, -0.05) is 35.5 Å².